The number of furan rings is 2. The minimum Gasteiger partial charge on any atom is -0.455 e. The van der Waals surface area contributed by atoms with Gasteiger partial charge in [0.2, 0.25) is 0 Å². The molecule has 0 unspecified atom stereocenters. The smallest absolute Gasteiger partial charge is 0.167 e. The second-order valence-electron chi connectivity index (χ2n) is 15.5. The van der Waals surface area contributed by atoms with Gasteiger partial charge in [-0.15, -0.1) is 0 Å². The molecular weight excluding hydrogens is 759 g/mol. The molecule has 0 aliphatic heterocycles. The Morgan fingerprint density at radius 1 is 0.258 bits per heavy atom. The zero-order valence-corrected chi connectivity index (χ0v) is 33.4. The van der Waals surface area contributed by atoms with Crippen molar-refractivity contribution in [3.05, 3.63) is 212 Å². The first kappa shape index (κ1) is 35.5. The van der Waals surface area contributed by atoms with E-state index in [9.17, 15) is 0 Å². The summed E-state index contributed by atoms with van der Waals surface area (Å²) in [7, 11) is 0. The molecule has 3 heterocycles. The summed E-state index contributed by atoms with van der Waals surface area (Å²) in [6, 6.07) is 73.2. The van der Waals surface area contributed by atoms with Crippen LogP contribution in [0.1, 0.15) is 0 Å². The summed E-state index contributed by atoms with van der Waals surface area (Å²) in [6.45, 7) is 0. The minimum absolute atomic E-state index is 0.527. The van der Waals surface area contributed by atoms with E-state index in [0.29, 0.717) is 17.5 Å². The number of fused-ring (bicyclic) bond motifs is 6. The molecular formula is C57H35N3O2. The molecule has 5 nitrogen and oxygen atoms in total. The van der Waals surface area contributed by atoms with E-state index < -0.39 is 0 Å². The molecule has 0 saturated carbocycles. The van der Waals surface area contributed by atoms with Crippen LogP contribution in [-0.4, -0.2) is 15.0 Å². The lowest BCUT2D eigenvalue weighted by Gasteiger charge is -2.11. The van der Waals surface area contributed by atoms with Gasteiger partial charge < -0.3 is 8.83 Å². The molecule has 62 heavy (non-hydrogen) atoms. The fraction of sp³-hybridized carbons (Fsp3) is 0. The quantitative estimate of drug-likeness (QED) is 0.161. The molecule has 0 fully saturated rings. The van der Waals surface area contributed by atoms with Crippen LogP contribution in [0.2, 0.25) is 0 Å². The number of benzene rings is 9. The molecule has 5 heteroatoms. The first-order chi connectivity index (χ1) is 30.7. The SMILES string of the molecule is c1ccc(-c2nc(-c3ccc4oc5c(-c6ccccc6)c(-c6ccccc6)ccc5c4c3)nc(-c3cccc4c3oc3c(-c5ccccc5)c(-c5ccccc5)ccc34)n2)cc1. The van der Waals surface area contributed by atoms with Gasteiger partial charge in [0, 0.05) is 43.8 Å². The van der Waals surface area contributed by atoms with E-state index >= 15 is 0 Å². The van der Waals surface area contributed by atoms with Gasteiger partial charge in [-0.25, -0.2) is 15.0 Å². The summed E-state index contributed by atoms with van der Waals surface area (Å²) in [5.41, 5.74) is 14.5. The van der Waals surface area contributed by atoms with Crippen molar-refractivity contribution in [2.45, 2.75) is 0 Å². The molecule has 0 atom stereocenters. The van der Waals surface area contributed by atoms with Crippen LogP contribution in [0, 0.1) is 0 Å². The Labute approximate surface area is 357 Å². The predicted octanol–water partition coefficient (Wildman–Crippen LogP) is 15.3. The number of para-hydroxylation sites is 1. The lowest BCUT2D eigenvalue weighted by Crippen LogP contribution is -2.00. The Morgan fingerprint density at radius 3 is 1.27 bits per heavy atom. The summed E-state index contributed by atoms with van der Waals surface area (Å²) in [5, 5.41) is 4.03. The summed E-state index contributed by atoms with van der Waals surface area (Å²) in [5.74, 6) is 1.66. The Hall–Kier alpha value is -8.41. The van der Waals surface area contributed by atoms with E-state index in [1.165, 1.54) is 0 Å². The fourth-order valence-corrected chi connectivity index (χ4v) is 8.86. The maximum absolute atomic E-state index is 7.05. The lowest BCUT2D eigenvalue weighted by molar-refractivity contribution is 0.670. The van der Waals surface area contributed by atoms with Crippen LogP contribution in [0.4, 0.5) is 0 Å². The monoisotopic (exact) mass is 793 g/mol. The number of rotatable bonds is 7. The van der Waals surface area contributed by atoms with Gasteiger partial charge in [0.1, 0.15) is 22.3 Å². The van der Waals surface area contributed by atoms with E-state index in [1.807, 2.05) is 72.8 Å². The zero-order chi connectivity index (χ0) is 41.0. The topological polar surface area (TPSA) is 65.0 Å². The van der Waals surface area contributed by atoms with Crippen molar-refractivity contribution < 1.29 is 8.83 Å². The van der Waals surface area contributed by atoms with Gasteiger partial charge >= 0.3 is 0 Å². The van der Waals surface area contributed by atoms with Gasteiger partial charge in [-0.1, -0.05) is 176 Å². The lowest BCUT2D eigenvalue weighted by atomic mass is 9.92. The largest absolute Gasteiger partial charge is 0.455 e. The molecule has 0 radical (unpaired) electrons. The average molecular weight is 794 g/mol. The standard InChI is InChI=1S/C57H35N3O2/c1-6-17-36(18-7-1)42-31-33-46-48-35-41(29-34-49(48)61-53(46)50(42)38-21-10-3-11-22-38)56-58-55(40-25-14-5-15-26-40)59-57(60-56)47-28-16-27-44-45-32-30-43(37-19-8-2-9-20-37)51(54(45)62-52(44)47)39-23-12-4-13-24-39/h1-35H. The third-order valence-electron chi connectivity index (χ3n) is 11.8. The highest BCUT2D eigenvalue weighted by molar-refractivity contribution is 6.16. The van der Waals surface area contributed by atoms with Crippen molar-refractivity contribution in [2.75, 3.05) is 0 Å². The van der Waals surface area contributed by atoms with E-state index in [2.05, 4.69) is 140 Å². The Bertz CT molecular complexity index is 3600. The third-order valence-corrected chi connectivity index (χ3v) is 11.8. The van der Waals surface area contributed by atoms with Gasteiger partial charge in [0.15, 0.2) is 17.5 Å². The van der Waals surface area contributed by atoms with Crippen molar-refractivity contribution in [3.63, 3.8) is 0 Å². The Kier molecular flexibility index (Phi) is 8.42. The average Bonchev–Trinajstić information content (AvgIpc) is 3.93. The normalized spacial score (nSPS) is 11.5. The second-order valence-corrected chi connectivity index (χ2v) is 15.5. The van der Waals surface area contributed by atoms with Gasteiger partial charge in [0.25, 0.3) is 0 Å². The van der Waals surface area contributed by atoms with Gasteiger partial charge in [-0.2, -0.15) is 0 Å². The summed E-state index contributed by atoms with van der Waals surface area (Å²) < 4.78 is 13.8. The molecule has 0 saturated heterocycles. The molecule has 0 N–H and O–H groups in total. The highest BCUT2D eigenvalue weighted by Crippen LogP contribution is 2.45. The molecule has 0 aliphatic rings. The highest BCUT2D eigenvalue weighted by atomic mass is 16.3. The van der Waals surface area contributed by atoms with Crippen molar-refractivity contribution in [1.29, 1.82) is 0 Å². The van der Waals surface area contributed by atoms with Crippen molar-refractivity contribution in [3.8, 4) is 78.7 Å². The molecule has 0 aliphatic carbocycles. The zero-order valence-electron chi connectivity index (χ0n) is 33.4. The molecule has 3 aromatic heterocycles. The van der Waals surface area contributed by atoms with Crippen molar-refractivity contribution >= 4 is 43.9 Å². The van der Waals surface area contributed by atoms with Crippen LogP contribution in [0.3, 0.4) is 0 Å². The first-order valence-electron chi connectivity index (χ1n) is 20.8. The summed E-state index contributed by atoms with van der Waals surface area (Å²) in [6.07, 6.45) is 0. The van der Waals surface area contributed by atoms with Crippen LogP contribution in [0.15, 0.2) is 221 Å². The number of aromatic nitrogens is 3. The highest BCUT2D eigenvalue weighted by Gasteiger charge is 2.23. The summed E-state index contributed by atoms with van der Waals surface area (Å²) >= 11 is 0. The minimum atomic E-state index is 0.527. The van der Waals surface area contributed by atoms with E-state index in [-0.39, 0.29) is 0 Å². The van der Waals surface area contributed by atoms with Gasteiger partial charge in [0.05, 0.1) is 5.56 Å². The van der Waals surface area contributed by atoms with Crippen LogP contribution in [-0.2, 0) is 0 Å². The molecule has 0 spiro atoms. The maximum atomic E-state index is 7.05. The molecule has 9 aromatic carbocycles. The second kappa shape index (κ2) is 14.7. The van der Waals surface area contributed by atoms with Crippen molar-refractivity contribution in [1.82, 2.24) is 15.0 Å². The molecule has 0 amide bonds. The maximum Gasteiger partial charge on any atom is 0.167 e. The number of hydrogen-bond donors (Lipinski definition) is 0. The molecule has 0 bridgehead atoms. The molecule has 290 valence electrons. The fourth-order valence-electron chi connectivity index (χ4n) is 8.86. The van der Waals surface area contributed by atoms with E-state index in [0.717, 1.165) is 105 Å². The van der Waals surface area contributed by atoms with Crippen LogP contribution in [0.25, 0.3) is 123 Å². The third kappa shape index (κ3) is 5.98. The molecule has 12 aromatic rings. The summed E-state index contributed by atoms with van der Waals surface area (Å²) in [4.78, 5) is 15.5. The van der Waals surface area contributed by atoms with Crippen LogP contribution in [0.5, 0.6) is 0 Å². The van der Waals surface area contributed by atoms with Crippen molar-refractivity contribution in [2.24, 2.45) is 0 Å². The Morgan fingerprint density at radius 2 is 0.710 bits per heavy atom. The number of hydrogen-bond acceptors (Lipinski definition) is 5. The van der Waals surface area contributed by atoms with Gasteiger partial charge in [-0.05, 0) is 69.8 Å². The van der Waals surface area contributed by atoms with E-state index in [4.69, 9.17) is 23.8 Å². The first-order valence-corrected chi connectivity index (χ1v) is 20.8. The Balaban J connectivity index is 1.06. The molecule has 12 rings (SSSR count). The predicted molar refractivity (Wildman–Crippen MR) is 252 cm³/mol. The van der Waals surface area contributed by atoms with Crippen LogP contribution < -0.4 is 0 Å². The van der Waals surface area contributed by atoms with Crippen LogP contribution >= 0.6 is 0 Å². The van der Waals surface area contributed by atoms with E-state index in [1.54, 1.807) is 0 Å². The van der Waals surface area contributed by atoms with Gasteiger partial charge in [-0.3, -0.25) is 0 Å². The number of nitrogens with zero attached hydrogens (tertiary/aromatic N) is 3.